The van der Waals surface area contributed by atoms with E-state index < -0.39 is 6.10 Å². The van der Waals surface area contributed by atoms with Crippen molar-refractivity contribution in [3.8, 4) is 5.75 Å². The zero-order valence-corrected chi connectivity index (χ0v) is 13.4. The third-order valence-electron chi connectivity index (χ3n) is 3.39. The summed E-state index contributed by atoms with van der Waals surface area (Å²) < 4.78 is 5.84. The van der Waals surface area contributed by atoms with Crippen LogP contribution in [0.2, 0.25) is 0 Å². The Hall–Kier alpha value is -1.74. The van der Waals surface area contributed by atoms with Crippen LogP contribution >= 0.6 is 11.8 Å². The van der Waals surface area contributed by atoms with Gasteiger partial charge in [-0.15, -0.1) is 11.8 Å². The number of Topliss-reactive ketones (excluding diaryl/α,β-unsaturated/α-hetero) is 1. The molecule has 0 fully saturated rings. The molecule has 0 radical (unpaired) electrons. The van der Waals surface area contributed by atoms with Gasteiger partial charge in [-0.25, -0.2) is 0 Å². The highest BCUT2D eigenvalue weighted by molar-refractivity contribution is 7.98. The third kappa shape index (κ3) is 3.88. The van der Waals surface area contributed by atoms with E-state index in [1.54, 1.807) is 18.7 Å². The Bertz CT molecular complexity index is 605. The minimum absolute atomic E-state index is 0.00793. The molecule has 0 aliphatic heterocycles. The lowest BCUT2D eigenvalue weighted by Gasteiger charge is -2.16. The van der Waals surface area contributed by atoms with Crippen LogP contribution in [-0.4, -0.2) is 18.1 Å². The van der Waals surface area contributed by atoms with Gasteiger partial charge in [-0.2, -0.15) is 0 Å². The maximum absolute atomic E-state index is 12.4. The van der Waals surface area contributed by atoms with Crippen LogP contribution in [-0.2, 0) is 6.42 Å². The molecule has 0 saturated heterocycles. The second-order valence-electron chi connectivity index (χ2n) is 4.83. The quantitative estimate of drug-likeness (QED) is 0.575. The zero-order chi connectivity index (χ0) is 15.2. The summed E-state index contributed by atoms with van der Waals surface area (Å²) in [6, 6.07) is 15.5. The van der Waals surface area contributed by atoms with E-state index in [9.17, 15) is 4.79 Å². The Labute approximate surface area is 130 Å². The highest BCUT2D eigenvalue weighted by atomic mass is 32.2. The Morgan fingerprint density at radius 3 is 2.43 bits per heavy atom. The smallest absolute Gasteiger partial charge is 0.202 e. The predicted octanol–water partition coefficient (Wildman–Crippen LogP) is 4.62. The summed E-state index contributed by atoms with van der Waals surface area (Å²) >= 11 is 1.61. The number of hydrogen-bond donors (Lipinski definition) is 0. The second-order valence-corrected chi connectivity index (χ2v) is 5.67. The van der Waals surface area contributed by atoms with Crippen LogP contribution in [0.4, 0.5) is 0 Å². The molecule has 2 aromatic rings. The van der Waals surface area contributed by atoms with Crippen molar-refractivity contribution < 1.29 is 9.53 Å². The van der Waals surface area contributed by atoms with Crippen molar-refractivity contribution >= 4 is 17.5 Å². The molecule has 0 heterocycles. The summed E-state index contributed by atoms with van der Waals surface area (Å²) in [5.74, 6) is 0.768. The number of carbonyl (C=O) groups is 1. The molecule has 21 heavy (non-hydrogen) atoms. The number of para-hydroxylation sites is 1. The molecular weight excluding hydrogens is 280 g/mol. The SMILES string of the molecule is CCc1ccc(C(=O)C(C)Oc2ccccc2SC)cc1. The average molecular weight is 300 g/mol. The normalized spacial score (nSPS) is 12.0. The Kier molecular flexibility index (Phi) is 5.45. The third-order valence-corrected chi connectivity index (χ3v) is 4.17. The molecule has 2 rings (SSSR count). The first kappa shape index (κ1) is 15.6. The van der Waals surface area contributed by atoms with Gasteiger partial charge in [0.1, 0.15) is 5.75 Å². The molecule has 0 amide bonds. The molecule has 0 bridgehead atoms. The number of ether oxygens (including phenoxy) is 1. The van der Waals surface area contributed by atoms with Crippen molar-refractivity contribution in [1.82, 2.24) is 0 Å². The summed E-state index contributed by atoms with van der Waals surface area (Å²) in [6.07, 6.45) is 2.48. The fourth-order valence-electron chi connectivity index (χ4n) is 2.10. The summed E-state index contributed by atoms with van der Waals surface area (Å²) in [7, 11) is 0. The maximum atomic E-state index is 12.4. The van der Waals surface area contributed by atoms with Crippen LogP contribution in [0.3, 0.4) is 0 Å². The van der Waals surface area contributed by atoms with E-state index in [4.69, 9.17) is 4.74 Å². The molecule has 1 unspecified atom stereocenters. The minimum Gasteiger partial charge on any atom is -0.481 e. The van der Waals surface area contributed by atoms with E-state index in [0.29, 0.717) is 5.56 Å². The van der Waals surface area contributed by atoms with Crippen molar-refractivity contribution in [3.63, 3.8) is 0 Å². The first-order valence-electron chi connectivity index (χ1n) is 7.08. The van der Waals surface area contributed by atoms with Crippen LogP contribution in [0.25, 0.3) is 0 Å². The lowest BCUT2D eigenvalue weighted by atomic mass is 10.0. The van der Waals surface area contributed by atoms with E-state index in [-0.39, 0.29) is 5.78 Å². The molecule has 0 saturated carbocycles. The topological polar surface area (TPSA) is 26.3 Å². The number of hydrogen-bond acceptors (Lipinski definition) is 3. The molecule has 1 atom stereocenters. The molecular formula is C18H20O2S. The molecule has 0 aromatic heterocycles. The number of carbonyl (C=O) groups excluding carboxylic acids is 1. The van der Waals surface area contributed by atoms with Crippen molar-refractivity contribution in [2.75, 3.05) is 6.26 Å². The van der Waals surface area contributed by atoms with Crippen LogP contribution < -0.4 is 4.74 Å². The van der Waals surface area contributed by atoms with E-state index in [1.807, 2.05) is 54.8 Å². The highest BCUT2D eigenvalue weighted by Crippen LogP contribution is 2.28. The van der Waals surface area contributed by atoms with Crippen LogP contribution in [0.15, 0.2) is 53.4 Å². The summed E-state index contributed by atoms with van der Waals surface area (Å²) in [5, 5.41) is 0. The van der Waals surface area contributed by atoms with Gasteiger partial charge in [0.15, 0.2) is 6.10 Å². The first-order valence-corrected chi connectivity index (χ1v) is 8.31. The molecule has 2 nitrogen and oxygen atoms in total. The summed E-state index contributed by atoms with van der Waals surface area (Å²) in [5.41, 5.74) is 1.93. The van der Waals surface area contributed by atoms with Gasteiger partial charge in [0, 0.05) is 10.5 Å². The van der Waals surface area contributed by atoms with Gasteiger partial charge < -0.3 is 4.74 Å². The van der Waals surface area contributed by atoms with Crippen LogP contribution in [0, 0.1) is 0 Å². The summed E-state index contributed by atoms with van der Waals surface area (Å²) in [4.78, 5) is 13.5. The number of rotatable bonds is 6. The molecule has 2 aromatic carbocycles. The van der Waals surface area contributed by atoms with Gasteiger partial charge in [-0.3, -0.25) is 4.79 Å². The predicted molar refractivity (Wildman–Crippen MR) is 88.5 cm³/mol. The Morgan fingerprint density at radius 2 is 1.81 bits per heavy atom. The second kappa shape index (κ2) is 7.32. The maximum Gasteiger partial charge on any atom is 0.202 e. The largest absolute Gasteiger partial charge is 0.481 e. The van der Waals surface area contributed by atoms with E-state index in [1.165, 1.54) is 5.56 Å². The Morgan fingerprint density at radius 1 is 1.14 bits per heavy atom. The van der Waals surface area contributed by atoms with Gasteiger partial charge >= 0.3 is 0 Å². The number of ketones is 1. The number of thioether (sulfide) groups is 1. The van der Waals surface area contributed by atoms with Gasteiger partial charge in [0.05, 0.1) is 0 Å². The lowest BCUT2D eigenvalue weighted by Crippen LogP contribution is -2.24. The molecule has 110 valence electrons. The summed E-state index contributed by atoms with van der Waals surface area (Å²) in [6.45, 7) is 3.90. The zero-order valence-electron chi connectivity index (χ0n) is 12.6. The van der Waals surface area contributed by atoms with Crippen LogP contribution in [0.5, 0.6) is 5.75 Å². The highest BCUT2D eigenvalue weighted by Gasteiger charge is 2.17. The fraction of sp³-hybridized carbons (Fsp3) is 0.278. The van der Waals surface area contributed by atoms with Crippen molar-refractivity contribution in [1.29, 1.82) is 0 Å². The van der Waals surface area contributed by atoms with Gasteiger partial charge in [0.2, 0.25) is 5.78 Å². The van der Waals surface area contributed by atoms with Gasteiger partial charge in [-0.05, 0) is 37.3 Å². The van der Waals surface area contributed by atoms with Crippen molar-refractivity contribution in [2.45, 2.75) is 31.3 Å². The van der Waals surface area contributed by atoms with E-state index >= 15 is 0 Å². The molecule has 0 N–H and O–H groups in total. The average Bonchev–Trinajstić information content (AvgIpc) is 2.54. The van der Waals surface area contributed by atoms with Gasteiger partial charge in [-0.1, -0.05) is 43.3 Å². The van der Waals surface area contributed by atoms with Crippen LogP contribution in [0.1, 0.15) is 29.8 Å². The number of aryl methyl sites for hydroxylation is 1. The van der Waals surface area contributed by atoms with Crippen molar-refractivity contribution in [3.05, 3.63) is 59.7 Å². The van der Waals surface area contributed by atoms with E-state index in [0.717, 1.165) is 17.1 Å². The molecule has 0 aliphatic rings. The number of benzene rings is 2. The fourth-order valence-corrected chi connectivity index (χ4v) is 2.63. The van der Waals surface area contributed by atoms with Gasteiger partial charge in [0.25, 0.3) is 0 Å². The lowest BCUT2D eigenvalue weighted by molar-refractivity contribution is 0.0814. The van der Waals surface area contributed by atoms with Crippen molar-refractivity contribution in [2.24, 2.45) is 0 Å². The molecule has 0 aliphatic carbocycles. The minimum atomic E-state index is -0.495. The molecule has 0 spiro atoms. The molecule has 3 heteroatoms. The monoisotopic (exact) mass is 300 g/mol. The Balaban J connectivity index is 2.11. The standard InChI is InChI=1S/C18H20O2S/c1-4-14-9-11-15(12-10-14)18(19)13(2)20-16-7-5-6-8-17(16)21-3/h5-13H,4H2,1-3H3. The first-order chi connectivity index (χ1) is 10.2. The van der Waals surface area contributed by atoms with E-state index in [2.05, 4.69) is 6.92 Å².